The Labute approximate surface area is 252 Å². The van der Waals surface area contributed by atoms with E-state index < -0.39 is 11.8 Å². The number of halogens is 1. The highest BCUT2D eigenvalue weighted by molar-refractivity contribution is 9.10. The first-order valence-corrected chi connectivity index (χ1v) is 14.6. The number of amides is 3. The van der Waals surface area contributed by atoms with Crippen molar-refractivity contribution >= 4 is 62.9 Å². The van der Waals surface area contributed by atoms with Crippen molar-refractivity contribution in [3.8, 4) is 0 Å². The van der Waals surface area contributed by atoms with E-state index in [9.17, 15) is 14.4 Å². The van der Waals surface area contributed by atoms with Crippen LogP contribution in [0.25, 0.3) is 6.08 Å². The first-order valence-electron chi connectivity index (χ1n) is 13.0. The molecule has 1 unspecified atom stereocenters. The summed E-state index contributed by atoms with van der Waals surface area (Å²) in [4.78, 5) is 40.0. The number of thioether (sulfide) groups is 1. The number of carbonyl (C=O) groups is 3. The van der Waals surface area contributed by atoms with Crippen LogP contribution in [-0.2, 0) is 9.59 Å². The third-order valence-electron chi connectivity index (χ3n) is 6.11. The number of aryl methyl sites for hydroxylation is 2. The molecule has 0 heterocycles. The van der Waals surface area contributed by atoms with Gasteiger partial charge in [0.15, 0.2) is 0 Å². The van der Waals surface area contributed by atoms with E-state index in [1.165, 1.54) is 11.8 Å². The topological polar surface area (TPSA) is 87.3 Å². The van der Waals surface area contributed by atoms with Crippen molar-refractivity contribution in [3.05, 3.63) is 129 Å². The molecule has 0 aliphatic carbocycles. The number of carbonyl (C=O) groups excluding carboxylic acids is 3. The van der Waals surface area contributed by atoms with Gasteiger partial charge in [-0.15, -0.1) is 11.8 Å². The van der Waals surface area contributed by atoms with Gasteiger partial charge in [0, 0.05) is 26.3 Å². The molecular weight excluding hydrogens is 598 g/mol. The lowest BCUT2D eigenvalue weighted by molar-refractivity contribution is -0.115. The monoisotopic (exact) mass is 627 g/mol. The number of rotatable bonds is 9. The molecule has 0 aliphatic rings. The van der Waals surface area contributed by atoms with E-state index >= 15 is 0 Å². The summed E-state index contributed by atoms with van der Waals surface area (Å²) in [6.07, 6.45) is 1.62. The van der Waals surface area contributed by atoms with Crippen LogP contribution in [0.5, 0.6) is 0 Å². The van der Waals surface area contributed by atoms with Crippen LogP contribution in [0.4, 0.5) is 11.4 Å². The summed E-state index contributed by atoms with van der Waals surface area (Å²) >= 11 is 4.83. The Hall–Kier alpha value is -4.14. The molecule has 4 aromatic rings. The van der Waals surface area contributed by atoms with Gasteiger partial charge in [-0.3, -0.25) is 14.4 Å². The van der Waals surface area contributed by atoms with Crippen LogP contribution in [0.2, 0.25) is 0 Å². The molecule has 0 aliphatic heterocycles. The van der Waals surface area contributed by atoms with Crippen LogP contribution in [0.3, 0.4) is 0 Å². The van der Waals surface area contributed by atoms with Crippen LogP contribution in [0.1, 0.15) is 34.0 Å². The molecule has 0 radical (unpaired) electrons. The zero-order valence-corrected chi connectivity index (χ0v) is 25.3. The van der Waals surface area contributed by atoms with E-state index in [4.69, 9.17) is 0 Å². The van der Waals surface area contributed by atoms with E-state index in [0.717, 1.165) is 31.7 Å². The Morgan fingerprint density at radius 1 is 0.829 bits per heavy atom. The zero-order chi connectivity index (χ0) is 29.4. The number of hydrogen-bond acceptors (Lipinski definition) is 4. The minimum atomic E-state index is -0.475. The maximum Gasteiger partial charge on any atom is 0.272 e. The summed E-state index contributed by atoms with van der Waals surface area (Å²) in [5.41, 5.74) is 4.68. The molecule has 3 N–H and O–H groups in total. The SMILES string of the molecule is Cc1ccc(C)c(NC(=O)C(C)Sc2cccc(NC(=O)/C(=C\c3cccc(Br)c3)NC(=O)c3ccccc3)c2)c1. The molecule has 1 atom stereocenters. The number of nitrogens with one attached hydrogen (secondary N) is 3. The molecule has 208 valence electrons. The smallest absolute Gasteiger partial charge is 0.272 e. The van der Waals surface area contributed by atoms with Crippen LogP contribution in [-0.4, -0.2) is 23.0 Å². The second kappa shape index (κ2) is 14.0. The zero-order valence-electron chi connectivity index (χ0n) is 22.9. The van der Waals surface area contributed by atoms with Crippen molar-refractivity contribution in [3.63, 3.8) is 0 Å². The third kappa shape index (κ3) is 8.67. The third-order valence-corrected chi connectivity index (χ3v) is 7.70. The normalized spacial score (nSPS) is 11.9. The lowest BCUT2D eigenvalue weighted by Crippen LogP contribution is -2.30. The fourth-order valence-electron chi connectivity index (χ4n) is 3.91. The lowest BCUT2D eigenvalue weighted by Gasteiger charge is -2.15. The summed E-state index contributed by atoms with van der Waals surface area (Å²) in [6.45, 7) is 5.79. The number of hydrogen-bond donors (Lipinski definition) is 3. The first kappa shape index (κ1) is 29.8. The van der Waals surface area contributed by atoms with Gasteiger partial charge in [-0.25, -0.2) is 0 Å². The molecular formula is C33H30BrN3O3S. The van der Waals surface area contributed by atoms with E-state index in [-0.39, 0.29) is 16.9 Å². The van der Waals surface area contributed by atoms with Gasteiger partial charge in [-0.2, -0.15) is 0 Å². The summed E-state index contributed by atoms with van der Waals surface area (Å²) in [5, 5.41) is 8.27. The minimum absolute atomic E-state index is 0.0938. The highest BCUT2D eigenvalue weighted by Gasteiger charge is 2.18. The van der Waals surface area contributed by atoms with Gasteiger partial charge in [0.2, 0.25) is 5.91 Å². The second-order valence-electron chi connectivity index (χ2n) is 9.48. The molecule has 4 rings (SSSR count). The van der Waals surface area contributed by atoms with Gasteiger partial charge >= 0.3 is 0 Å². The van der Waals surface area contributed by atoms with E-state index in [2.05, 4.69) is 31.9 Å². The van der Waals surface area contributed by atoms with Crippen molar-refractivity contribution in [2.45, 2.75) is 30.9 Å². The largest absolute Gasteiger partial charge is 0.325 e. The maximum atomic E-state index is 13.4. The van der Waals surface area contributed by atoms with Crippen molar-refractivity contribution in [2.24, 2.45) is 0 Å². The Kier molecular flexibility index (Phi) is 10.2. The highest BCUT2D eigenvalue weighted by atomic mass is 79.9. The molecule has 8 heteroatoms. The van der Waals surface area contributed by atoms with E-state index in [1.807, 2.05) is 81.4 Å². The molecule has 0 aromatic heterocycles. The van der Waals surface area contributed by atoms with Crippen LogP contribution >= 0.6 is 27.7 Å². The van der Waals surface area contributed by atoms with Crippen LogP contribution in [0, 0.1) is 13.8 Å². The van der Waals surface area contributed by atoms with E-state index in [0.29, 0.717) is 11.3 Å². The minimum Gasteiger partial charge on any atom is -0.325 e. The van der Waals surface area contributed by atoms with Crippen molar-refractivity contribution < 1.29 is 14.4 Å². The predicted octanol–water partition coefficient (Wildman–Crippen LogP) is 7.59. The van der Waals surface area contributed by atoms with Gasteiger partial charge < -0.3 is 16.0 Å². The molecule has 6 nitrogen and oxygen atoms in total. The second-order valence-corrected chi connectivity index (χ2v) is 11.8. The highest BCUT2D eigenvalue weighted by Crippen LogP contribution is 2.27. The average molecular weight is 629 g/mol. The van der Waals surface area contributed by atoms with Crippen molar-refractivity contribution in [1.82, 2.24) is 5.32 Å². The van der Waals surface area contributed by atoms with Gasteiger partial charge in [0.05, 0.1) is 5.25 Å². The fourth-order valence-corrected chi connectivity index (χ4v) is 5.26. The molecule has 0 bridgehead atoms. The summed E-state index contributed by atoms with van der Waals surface area (Å²) < 4.78 is 0.848. The standard InChI is InChI=1S/C33H30BrN3O3S/c1-21-15-16-22(2)29(17-21)36-31(38)23(3)41-28-14-8-13-27(20-28)35-33(40)30(19-24-9-7-12-26(34)18-24)37-32(39)25-10-5-4-6-11-25/h4-20,23H,1-3H3,(H,35,40)(H,36,38)(H,37,39)/b30-19+. The van der Waals surface area contributed by atoms with Gasteiger partial charge in [0.1, 0.15) is 5.70 Å². The van der Waals surface area contributed by atoms with E-state index in [1.54, 1.807) is 42.5 Å². The molecule has 41 heavy (non-hydrogen) atoms. The Morgan fingerprint density at radius 2 is 1.59 bits per heavy atom. The van der Waals surface area contributed by atoms with Gasteiger partial charge in [0.25, 0.3) is 11.8 Å². The molecule has 3 amide bonds. The quantitative estimate of drug-likeness (QED) is 0.132. The maximum absolute atomic E-state index is 13.4. The molecule has 0 saturated heterocycles. The molecule has 0 spiro atoms. The van der Waals surface area contributed by atoms with Crippen molar-refractivity contribution in [2.75, 3.05) is 10.6 Å². The Bertz CT molecular complexity index is 1600. The fraction of sp³-hybridized carbons (Fsp3) is 0.121. The summed E-state index contributed by atoms with van der Waals surface area (Å²) in [6, 6.07) is 29.4. The summed E-state index contributed by atoms with van der Waals surface area (Å²) in [5.74, 6) is -0.979. The number of benzene rings is 4. The first-order chi connectivity index (χ1) is 19.7. The van der Waals surface area contributed by atoms with Gasteiger partial charge in [-0.1, -0.05) is 64.5 Å². The predicted molar refractivity (Wildman–Crippen MR) is 171 cm³/mol. The Balaban J connectivity index is 1.48. The molecule has 0 saturated carbocycles. The molecule has 4 aromatic carbocycles. The van der Waals surface area contributed by atoms with Crippen LogP contribution < -0.4 is 16.0 Å². The van der Waals surface area contributed by atoms with Gasteiger partial charge in [-0.05, 0) is 92.1 Å². The van der Waals surface area contributed by atoms with Crippen molar-refractivity contribution in [1.29, 1.82) is 0 Å². The summed E-state index contributed by atoms with van der Waals surface area (Å²) in [7, 11) is 0. The number of anilines is 2. The van der Waals surface area contributed by atoms with Crippen LogP contribution in [0.15, 0.2) is 112 Å². The molecule has 0 fully saturated rings. The Morgan fingerprint density at radius 3 is 2.34 bits per heavy atom. The lowest BCUT2D eigenvalue weighted by atomic mass is 10.1. The average Bonchev–Trinajstić information content (AvgIpc) is 2.95.